The SMILES string of the molecule is NC(=O)CCN(Cc1ccccc1)C(=O)CCNC(=O)c1ccc(Br)cc1. The van der Waals surface area contributed by atoms with Crippen molar-refractivity contribution in [1.82, 2.24) is 10.2 Å². The fraction of sp³-hybridized carbons (Fsp3) is 0.250. The van der Waals surface area contributed by atoms with Crippen LogP contribution in [-0.4, -0.2) is 35.7 Å². The summed E-state index contributed by atoms with van der Waals surface area (Å²) in [4.78, 5) is 37.3. The summed E-state index contributed by atoms with van der Waals surface area (Å²) < 4.78 is 0.889. The van der Waals surface area contributed by atoms with Crippen LogP contribution >= 0.6 is 15.9 Å². The van der Waals surface area contributed by atoms with Crippen LogP contribution in [0, 0.1) is 0 Å². The first-order valence-electron chi connectivity index (χ1n) is 8.59. The molecule has 7 heteroatoms. The number of benzene rings is 2. The quantitative estimate of drug-likeness (QED) is 0.638. The molecule has 3 amide bonds. The average Bonchev–Trinajstić information content (AvgIpc) is 2.66. The van der Waals surface area contributed by atoms with Crippen LogP contribution in [0.4, 0.5) is 0 Å². The van der Waals surface area contributed by atoms with Crippen molar-refractivity contribution < 1.29 is 14.4 Å². The number of nitrogens with one attached hydrogen (secondary N) is 1. The molecule has 0 heterocycles. The van der Waals surface area contributed by atoms with E-state index in [1.165, 1.54) is 0 Å². The third kappa shape index (κ3) is 7.22. The Kier molecular flexibility index (Phi) is 8.00. The lowest BCUT2D eigenvalue weighted by Gasteiger charge is -2.22. The predicted octanol–water partition coefficient (Wildman–Crippen LogP) is 2.47. The van der Waals surface area contributed by atoms with E-state index in [1.807, 2.05) is 30.3 Å². The van der Waals surface area contributed by atoms with Gasteiger partial charge in [-0.25, -0.2) is 0 Å². The molecule has 2 aromatic rings. The van der Waals surface area contributed by atoms with Crippen LogP contribution in [0.15, 0.2) is 59.1 Å². The van der Waals surface area contributed by atoms with E-state index in [-0.39, 0.29) is 37.7 Å². The van der Waals surface area contributed by atoms with Crippen LogP contribution in [0.25, 0.3) is 0 Å². The van der Waals surface area contributed by atoms with Gasteiger partial charge >= 0.3 is 0 Å². The van der Waals surface area contributed by atoms with E-state index < -0.39 is 5.91 Å². The van der Waals surface area contributed by atoms with Gasteiger partial charge < -0.3 is 16.0 Å². The normalized spacial score (nSPS) is 10.3. The van der Waals surface area contributed by atoms with Crippen molar-refractivity contribution in [1.29, 1.82) is 0 Å². The molecular weight excluding hydrogens is 410 g/mol. The maximum absolute atomic E-state index is 12.5. The number of primary amides is 1. The van der Waals surface area contributed by atoms with Crippen molar-refractivity contribution >= 4 is 33.7 Å². The maximum atomic E-state index is 12.5. The summed E-state index contributed by atoms with van der Waals surface area (Å²) in [6.45, 7) is 0.868. The molecule has 0 aliphatic rings. The van der Waals surface area contributed by atoms with Gasteiger partial charge in [0.25, 0.3) is 5.91 Å². The highest BCUT2D eigenvalue weighted by molar-refractivity contribution is 9.10. The number of amides is 3. The minimum Gasteiger partial charge on any atom is -0.370 e. The summed E-state index contributed by atoms with van der Waals surface area (Å²) in [5.41, 5.74) is 6.71. The molecule has 3 N–H and O–H groups in total. The van der Waals surface area contributed by atoms with Crippen LogP contribution in [-0.2, 0) is 16.1 Å². The zero-order chi connectivity index (χ0) is 19.6. The van der Waals surface area contributed by atoms with E-state index in [0.29, 0.717) is 12.1 Å². The molecule has 0 aromatic heterocycles. The van der Waals surface area contributed by atoms with Crippen LogP contribution in [0.5, 0.6) is 0 Å². The molecule has 0 atom stereocenters. The van der Waals surface area contributed by atoms with Gasteiger partial charge in [0.2, 0.25) is 11.8 Å². The average molecular weight is 432 g/mol. The molecule has 0 spiro atoms. The second kappa shape index (κ2) is 10.5. The van der Waals surface area contributed by atoms with Crippen molar-refractivity contribution in [2.45, 2.75) is 19.4 Å². The second-order valence-electron chi connectivity index (χ2n) is 6.03. The second-order valence-corrected chi connectivity index (χ2v) is 6.95. The molecule has 27 heavy (non-hydrogen) atoms. The van der Waals surface area contributed by atoms with Crippen LogP contribution < -0.4 is 11.1 Å². The number of carbonyl (C=O) groups is 3. The number of hydrogen-bond donors (Lipinski definition) is 2. The summed E-state index contributed by atoms with van der Waals surface area (Å²) in [6, 6.07) is 16.5. The first kappa shape index (κ1) is 20.6. The molecule has 0 unspecified atom stereocenters. The largest absolute Gasteiger partial charge is 0.370 e. The van der Waals surface area contributed by atoms with Gasteiger partial charge in [-0.1, -0.05) is 46.3 Å². The highest BCUT2D eigenvalue weighted by Crippen LogP contribution is 2.10. The molecule has 2 aromatic carbocycles. The molecular formula is C20H22BrN3O3. The zero-order valence-electron chi connectivity index (χ0n) is 14.9. The molecule has 0 bridgehead atoms. The van der Waals surface area contributed by atoms with Crippen molar-refractivity contribution in [3.05, 3.63) is 70.2 Å². The van der Waals surface area contributed by atoms with Gasteiger partial charge in [-0.15, -0.1) is 0 Å². The Hall–Kier alpha value is -2.67. The molecule has 0 fully saturated rings. The topological polar surface area (TPSA) is 92.5 Å². The van der Waals surface area contributed by atoms with E-state index >= 15 is 0 Å². The number of hydrogen-bond acceptors (Lipinski definition) is 3. The zero-order valence-corrected chi connectivity index (χ0v) is 16.4. The smallest absolute Gasteiger partial charge is 0.251 e. The lowest BCUT2D eigenvalue weighted by molar-refractivity contribution is -0.132. The predicted molar refractivity (Wildman–Crippen MR) is 107 cm³/mol. The lowest BCUT2D eigenvalue weighted by Crippen LogP contribution is -2.36. The van der Waals surface area contributed by atoms with Crippen molar-refractivity contribution in [2.24, 2.45) is 5.73 Å². The third-order valence-electron chi connectivity index (χ3n) is 3.93. The minimum absolute atomic E-state index is 0.101. The monoisotopic (exact) mass is 431 g/mol. The highest BCUT2D eigenvalue weighted by Gasteiger charge is 2.15. The lowest BCUT2D eigenvalue weighted by atomic mass is 10.2. The summed E-state index contributed by atoms with van der Waals surface area (Å²) in [5.74, 6) is -0.831. The molecule has 0 radical (unpaired) electrons. The number of carbonyl (C=O) groups excluding carboxylic acids is 3. The van der Waals surface area contributed by atoms with Gasteiger partial charge in [0.1, 0.15) is 0 Å². The van der Waals surface area contributed by atoms with E-state index in [9.17, 15) is 14.4 Å². The van der Waals surface area contributed by atoms with Crippen LogP contribution in [0.2, 0.25) is 0 Å². The van der Waals surface area contributed by atoms with Gasteiger partial charge in [-0.2, -0.15) is 0 Å². The van der Waals surface area contributed by atoms with Gasteiger partial charge in [0.15, 0.2) is 0 Å². The fourth-order valence-electron chi connectivity index (χ4n) is 2.49. The maximum Gasteiger partial charge on any atom is 0.251 e. The molecule has 0 aliphatic carbocycles. The standard InChI is InChI=1S/C20H22BrN3O3/c21-17-8-6-16(7-9-17)20(27)23-12-10-19(26)24(13-11-18(22)25)14-15-4-2-1-3-5-15/h1-9H,10-14H2,(H2,22,25)(H,23,27). The van der Waals surface area contributed by atoms with Crippen molar-refractivity contribution in [3.8, 4) is 0 Å². The minimum atomic E-state index is -0.454. The van der Waals surface area contributed by atoms with E-state index in [2.05, 4.69) is 21.2 Å². The van der Waals surface area contributed by atoms with E-state index in [0.717, 1.165) is 10.0 Å². The molecule has 0 saturated heterocycles. The number of nitrogens with zero attached hydrogens (tertiary/aromatic N) is 1. The third-order valence-corrected chi connectivity index (χ3v) is 4.46. The number of nitrogens with two attached hydrogens (primary N) is 1. The van der Waals surface area contributed by atoms with Gasteiger partial charge in [-0.3, -0.25) is 14.4 Å². The van der Waals surface area contributed by atoms with Gasteiger partial charge in [0.05, 0.1) is 0 Å². The van der Waals surface area contributed by atoms with E-state index in [4.69, 9.17) is 5.73 Å². The van der Waals surface area contributed by atoms with Crippen molar-refractivity contribution in [2.75, 3.05) is 13.1 Å². The molecule has 2 rings (SSSR count). The first-order chi connectivity index (χ1) is 13.0. The molecule has 142 valence electrons. The van der Waals surface area contributed by atoms with Gasteiger partial charge in [-0.05, 0) is 29.8 Å². The Balaban J connectivity index is 1.89. The Morgan fingerprint density at radius 2 is 1.63 bits per heavy atom. The van der Waals surface area contributed by atoms with E-state index in [1.54, 1.807) is 29.2 Å². The van der Waals surface area contributed by atoms with Crippen LogP contribution in [0.1, 0.15) is 28.8 Å². The summed E-state index contributed by atoms with van der Waals surface area (Å²) in [6.07, 6.45) is 0.248. The summed E-state index contributed by atoms with van der Waals surface area (Å²) in [5, 5.41) is 2.74. The molecule has 0 aliphatic heterocycles. The summed E-state index contributed by atoms with van der Waals surface area (Å²) in [7, 11) is 0. The Morgan fingerprint density at radius 3 is 2.26 bits per heavy atom. The highest BCUT2D eigenvalue weighted by atomic mass is 79.9. The molecule has 6 nitrogen and oxygen atoms in total. The van der Waals surface area contributed by atoms with Crippen LogP contribution in [0.3, 0.4) is 0 Å². The number of rotatable bonds is 9. The Morgan fingerprint density at radius 1 is 0.963 bits per heavy atom. The fourth-order valence-corrected chi connectivity index (χ4v) is 2.75. The first-order valence-corrected chi connectivity index (χ1v) is 9.39. The van der Waals surface area contributed by atoms with Gasteiger partial charge in [0, 0.05) is 42.5 Å². The molecule has 0 saturated carbocycles. The Labute approximate surface area is 166 Å². The Bertz CT molecular complexity index is 779. The summed E-state index contributed by atoms with van der Waals surface area (Å²) >= 11 is 3.32. The van der Waals surface area contributed by atoms with Crippen molar-refractivity contribution in [3.63, 3.8) is 0 Å². The number of halogens is 1.